The molecule has 0 saturated carbocycles. The van der Waals surface area contributed by atoms with E-state index in [1.807, 2.05) is 19.1 Å². The van der Waals surface area contributed by atoms with Crippen LogP contribution in [-0.4, -0.2) is 22.2 Å². The largest absolute Gasteiger partial charge is 0.396 e. The molecule has 3 N–H and O–H groups in total. The fourth-order valence-corrected chi connectivity index (χ4v) is 3.26. The quantitative estimate of drug-likeness (QED) is 0.774. The lowest BCUT2D eigenvalue weighted by Crippen LogP contribution is -2.13. The Morgan fingerprint density at radius 1 is 1.28 bits per heavy atom. The van der Waals surface area contributed by atoms with Crippen LogP contribution in [0.4, 0.5) is 0 Å². The molecule has 0 aliphatic heterocycles. The second kappa shape index (κ2) is 8.50. The number of nitrogens with two attached hydrogens (primary N) is 1. The van der Waals surface area contributed by atoms with Gasteiger partial charge in [-0.25, -0.2) is 0 Å². The first kappa shape index (κ1) is 18.8. The van der Waals surface area contributed by atoms with Gasteiger partial charge in [-0.2, -0.15) is 5.26 Å². The number of benzene rings is 1. The van der Waals surface area contributed by atoms with Gasteiger partial charge >= 0.3 is 0 Å². The van der Waals surface area contributed by atoms with Crippen molar-refractivity contribution < 1.29 is 9.90 Å². The maximum Gasteiger partial charge on any atom is 0.251 e. The highest BCUT2D eigenvalue weighted by atomic mass is 16.3. The summed E-state index contributed by atoms with van der Waals surface area (Å²) in [6.07, 6.45) is 3.51. The summed E-state index contributed by atoms with van der Waals surface area (Å²) < 4.78 is 2.11. The lowest BCUT2D eigenvalue weighted by atomic mass is 9.97. The van der Waals surface area contributed by atoms with Crippen molar-refractivity contribution in [1.82, 2.24) is 4.57 Å². The zero-order valence-electron chi connectivity index (χ0n) is 14.9. The second-order valence-corrected chi connectivity index (χ2v) is 6.17. The van der Waals surface area contributed by atoms with E-state index in [1.165, 1.54) is 0 Å². The molecule has 2 aromatic rings. The predicted molar refractivity (Wildman–Crippen MR) is 98.2 cm³/mol. The molecule has 2 rings (SSSR count). The van der Waals surface area contributed by atoms with Gasteiger partial charge in [0.25, 0.3) is 5.91 Å². The number of aliphatic hydroxyl groups excluding tert-OH is 1. The SMILES string of the molecule is CCCCc1c(-c2ccc(C#N)cc2)c(C(N)=O)c(C)n1CCCO. The Kier molecular flexibility index (Phi) is 6.37. The Bertz CT molecular complexity index is 783. The monoisotopic (exact) mass is 339 g/mol. The van der Waals surface area contributed by atoms with Crippen molar-refractivity contribution in [3.05, 3.63) is 46.8 Å². The van der Waals surface area contributed by atoms with Crippen LogP contribution in [0.1, 0.15) is 53.5 Å². The third-order valence-electron chi connectivity index (χ3n) is 4.49. The van der Waals surface area contributed by atoms with E-state index in [-0.39, 0.29) is 6.61 Å². The third kappa shape index (κ3) is 3.92. The lowest BCUT2D eigenvalue weighted by molar-refractivity contribution is 0.1000. The smallest absolute Gasteiger partial charge is 0.251 e. The molecule has 25 heavy (non-hydrogen) atoms. The van der Waals surface area contributed by atoms with Crippen LogP contribution >= 0.6 is 0 Å². The molecule has 0 atom stereocenters. The van der Waals surface area contributed by atoms with Crippen molar-refractivity contribution >= 4 is 5.91 Å². The number of nitriles is 1. The number of aliphatic hydroxyl groups is 1. The number of amides is 1. The van der Waals surface area contributed by atoms with Crippen LogP contribution in [0.5, 0.6) is 0 Å². The Labute approximate surface area is 148 Å². The molecular weight excluding hydrogens is 314 g/mol. The van der Waals surface area contributed by atoms with Crippen LogP contribution in [0.25, 0.3) is 11.1 Å². The minimum atomic E-state index is -0.447. The van der Waals surface area contributed by atoms with Crippen molar-refractivity contribution in [2.75, 3.05) is 6.61 Å². The molecule has 5 nitrogen and oxygen atoms in total. The molecule has 132 valence electrons. The molecule has 0 aliphatic rings. The van der Waals surface area contributed by atoms with E-state index in [0.717, 1.165) is 41.8 Å². The van der Waals surface area contributed by atoms with Gasteiger partial charge in [-0.3, -0.25) is 4.79 Å². The zero-order chi connectivity index (χ0) is 18.4. The third-order valence-corrected chi connectivity index (χ3v) is 4.49. The van der Waals surface area contributed by atoms with Gasteiger partial charge in [0.2, 0.25) is 0 Å². The van der Waals surface area contributed by atoms with Crippen molar-refractivity contribution in [2.45, 2.75) is 46.1 Å². The summed E-state index contributed by atoms with van der Waals surface area (Å²) in [6.45, 7) is 4.78. The van der Waals surface area contributed by atoms with Crippen LogP contribution in [0.3, 0.4) is 0 Å². The van der Waals surface area contributed by atoms with E-state index >= 15 is 0 Å². The van der Waals surface area contributed by atoms with Gasteiger partial charge in [0.05, 0.1) is 17.2 Å². The summed E-state index contributed by atoms with van der Waals surface area (Å²) >= 11 is 0. The van der Waals surface area contributed by atoms with E-state index in [0.29, 0.717) is 24.1 Å². The van der Waals surface area contributed by atoms with Crippen LogP contribution < -0.4 is 5.73 Å². The molecule has 0 radical (unpaired) electrons. The fourth-order valence-electron chi connectivity index (χ4n) is 3.26. The molecule has 1 aromatic carbocycles. The Balaban J connectivity index is 2.68. The van der Waals surface area contributed by atoms with Gasteiger partial charge in [0.1, 0.15) is 0 Å². The molecular formula is C20H25N3O2. The normalized spacial score (nSPS) is 10.6. The van der Waals surface area contributed by atoms with Crippen molar-refractivity contribution in [2.24, 2.45) is 5.73 Å². The summed E-state index contributed by atoms with van der Waals surface area (Å²) in [5, 5.41) is 18.2. The minimum Gasteiger partial charge on any atom is -0.396 e. The zero-order valence-corrected chi connectivity index (χ0v) is 14.9. The molecule has 0 aliphatic carbocycles. The molecule has 0 fully saturated rings. The molecule has 0 unspecified atom stereocenters. The number of rotatable bonds is 8. The number of carbonyl (C=O) groups excluding carboxylic acids is 1. The van der Waals surface area contributed by atoms with E-state index in [9.17, 15) is 9.90 Å². The van der Waals surface area contributed by atoms with E-state index in [2.05, 4.69) is 17.6 Å². The van der Waals surface area contributed by atoms with Gasteiger partial charge in [0, 0.05) is 30.1 Å². The van der Waals surface area contributed by atoms with Crippen LogP contribution in [0.2, 0.25) is 0 Å². The van der Waals surface area contributed by atoms with E-state index < -0.39 is 5.91 Å². The molecule has 0 saturated heterocycles. The summed E-state index contributed by atoms with van der Waals surface area (Å²) in [7, 11) is 0. The number of hydrogen-bond donors (Lipinski definition) is 2. The van der Waals surface area contributed by atoms with E-state index in [4.69, 9.17) is 11.0 Å². The standard InChI is InChI=1S/C20H25N3O2/c1-3-4-6-17-19(16-9-7-15(13-21)8-10-16)18(20(22)25)14(2)23(17)11-5-12-24/h7-10,24H,3-6,11-12H2,1-2H3,(H2,22,25). The average Bonchev–Trinajstić information content (AvgIpc) is 2.90. The summed E-state index contributed by atoms with van der Waals surface area (Å²) in [5.41, 5.74) is 10.5. The highest BCUT2D eigenvalue weighted by Crippen LogP contribution is 2.34. The topological polar surface area (TPSA) is 92.0 Å². The second-order valence-electron chi connectivity index (χ2n) is 6.17. The molecule has 5 heteroatoms. The lowest BCUT2D eigenvalue weighted by Gasteiger charge is -2.12. The first-order valence-corrected chi connectivity index (χ1v) is 8.68. The minimum absolute atomic E-state index is 0.100. The van der Waals surface area contributed by atoms with Gasteiger partial charge in [-0.1, -0.05) is 25.5 Å². The Morgan fingerprint density at radius 3 is 2.48 bits per heavy atom. The van der Waals surface area contributed by atoms with Crippen LogP contribution in [0, 0.1) is 18.3 Å². The first-order chi connectivity index (χ1) is 12.0. The number of nitrogens with zero attached hydrogens (tertiary/aromatic N) is 2. The number of unbranched alkanes of at least 4 members (excludes halogenated alkanes) is 1. The van der Waals surface area contributed by atoms with Gasteiger partial charge in [-0.05, 0) is 43.9 Å². The van der Waals surface area contributed by atoms with Crippen molar-refractivity contribution in [3.8, 4) is 17.2 Å². The van der Waals surface area contributed by atoms with Gasteiger partial charge in [-0.15, -0.1) is 0 Å². The average molecular weight is 339 g/mol. The molecule has 1 amide bonds. The molecule has 0 spiro atoms. The van der Waals surface area contributed by atoms with Crippen LogP contribution in [-0.2, 0) is 13.0 Å². The molecule has 1 aromatic heterocycles. The summed E-state index contributed by atoms with van der Waals surface area (Å²) in [5.74, 6) is -0.447. The van der Waals surface area contributed by atoms with Crippen molar-refractivity contribution in [1.29, 1.82) is 5.26 Å². The number of primary amides is 1. The molecule has 1 heterocycles. The van der Waals surface area contributed by atoms with Crippen LogP contribution in [0.15, 0.2) is 24.3 Å². The predicted octanol–water partition coefficient (Wildman–Crippen LogP) is 3.16. The maximum atomic E-state index is 12.2. The number of hydrogen-bond acceptors (Lipinski definition) is 3. The van der Waals surface area contributed by atoms with Gasteiger partial charge < -0.3 is 15.4 Å². The van der Waals surface area contributed by atoms with Crippen molar-refractivity contribution in [3.63, 3.8) is 0 Å². The Morgan fingerprint density at radius 2 is 1.96 bits per heavy atom. The van der Waals surface area contributed by atoms with Gasteiger partial charge in [0.15, 0.2) is 0 Å². The molecule has 0 bridgehead atoms. The van der Waals surface area contributed by atoms with E-state index in [1.54, 1.807) is 12.1 Å². The first-order valence-electron chi connectivity index (χ1n) is 8.68. The fraction of sp³-hybridized carbons (Fsp3) is 0.400. The summed E-state index contributed by atoms with van der Waals surface area (Å²) in [6, 6.07) is 9.35. The summed E-state index contributed by atoms with van der Waals surface area (Å²) in [4.78, 5) is 12.2. The number of aromatic nitrogens is 1. The maximum absolute atomic E-state index is 12.2. The Hall–Kier alpha value is -2.58. The number of carbonyl (C=O) groups is 1. The highest BCUT2D eigenvalue weighted by Gasteiger charge is 2.24. The highest BCUT2D eigenvalue weighted by molar-refractivity contribution is 6.02.